The zero-order chi connectivity index (χ0) is 15.6. The Morgan fingerprint density at radius 2 is 1.71 bits per heavy atom. The summed E-state index contributed by atoms with van der Waals surface area (Å²) in [6.07, 6.45) is -4.35. The van der Waals surface area contributed by atoms with Crippen LogP contribution in [0.15, 0.2) is 36.4 Å². The van der Waals surface area contributed by atoms with Crippen LogP contribution in [-0.4, -0.2) is 6.29 Å². The molecule has 0 fully saturated rings. The van der Waals surface area contributed by atoms with E-state index in [1.807, 2.05) is 0 Å². The van der Waals surface area contributed by atoms with Gasteiger partial charge >= 0.3 is 6.18 Å². The van der Waals surface area contributed by atoms with Crippen molar-refractivity contribution >= 4 is 6.29 Å². The standard InChI is InChI=1S/C14H7F5O2/c15-10-4-9(14(17,18)19)5-11(6-10)21-13-2-1-8(7-20)3-12(13)16/h1-7H. The van der Waals surface area contributed by atoms with Gasteiger partial charge in [0.25, 0.3) is 0 Å². The first kappa shape index (κ1) is 15.0. The number of carbonyl (C=O) groups is 1. The Morgan fingerprint density at radius 1 is 1.00 bits per heavy atom. The number of alkyl halides is 3. The van der Waals surface area contributed by atoms with Crippen molar-refractivity contribution in [3.63, 3.8) is 0 Å². The summed E-state index contributed by atoms with van der Waals surface area (Å²) < 4.78 is 69.2. The zero-order valence-corrected chi connectivity index (χ0v) is 10.2. The molecule has 2 aromatic carbocycles. The molecule has 2 rings (SSSR count). The summed E-state index contributed by atoms with van der Waals surface area (Å²) in [5.74, 6) is -3.03. The first-order chi connectivity index (χ1) is 9.79. The number of ether oxygens (including phenoxy) is 1. The molecule has 0 saturated carbocycles. The third-order valence-corrected chi connectivity index (χ3v) is 2.52. The van der Waals surface area contributed by atoms with Crippen LogP contribution in [0.25, 0.3) is 0 Å². The quantitative estimate of drug-likeness (QED) is 0.612. The van der Waals surface area contributed by atoms with Gasteiger partial charge in [0.1, 0.15) is 17.9 Å². The molecule has 0 radical (unpaired) electrons. The minimum atomic E-state index is -4.75. The van der Waals surface area contributed by atoms with Gasteiger partial charge in [-0.05, 0) is 30.3 Å². The molecule has 0 spiro atoms. The molecule has 7 heteroatoms. The lowest BCUT2D eigenvalue weighted by Gasteiger charge is -2.11. The van der Waals surface area contributed by atoms with Crippen LogP contribution in [0.5, 0.6) is 11.5 Å². The molecule has 0 saturated heterocycles. The fourth-order valence-electron chi connectivity index (χ4n) is 1.59. The van der Waals surface area contributed by atoms with Gasteiger partial charge in [-0.25, -0.2) is 8.78 Å². The molecule has 0 unspecified atom stereocenters. The lowest BCUT2D eigenvalue weighted by Crippen LogP contribution is -2.05. The molecule has 0 aliphatic rings. The van der Waals surface area contributed by atoms with Crippen LogP contribution >= 0.6 is 0 Å². The monoisotopic (exact) mass is 302 g/mol. The highest BCUT2D eigenvalue weighted by Crippen LogP contribution is 2.34. The Hall–Kier alpha value is -2.44. The maximum absolute atomic E-state index is 13.6. The van der Waals surface area contributed by atoms with Crippen molar-refractivity contribution < 1.29 is 31.5 Å². The summed E-state index contributed by atoms with van der Waals surface area (Å²) in [4.78, 5) is 10.4. The van der Waals surface area contributed by atoms with Crippen LogP contribution in [-0.2, 0) is 6.18 Å². The molecule has 0 aliphatic heterocycles. The molecule has 21 heavy (non-hydrogen) atoms. The highest BCUT2D eigenvalue weighted by Gasteiger charge is 2.31. The highest BCUT2D eigenvalue weighted by molar-refractivity contribution is 5.75. The smallest absolute Gasteiger partial charge is 0.416 e. The Balaban J connectivity index is 2.36. The summed E-state index contributed by atoms with van der Waals surface area (Å²) >= 11 is 0. The predicted octanol–water partition coefficient (Wildman–Crippen LogP) is 4.59. The molecule has 0 bridgehead atoms. The van der Waals surface area contributed by atoms with Gasteiger partial charge in [-0.3, -0.25) is 4.79 Å². The largest absolute Gasteiger partial charge is 0.454 e. The molecule has 0 amide bonds. The van der Waals surface area contributed by atoms with E-state index in [4.69, 9.17) is 4.74 Å². The van der Waals surface area contributed by atoms with E-state index in [-0.39, 0.29) is 5.56 Å². The Labute approximate surface area is 115 Å². The average molecular weight is 302 g/mol. The average Bonchev–Trinajstić information content (AvgIpc) is 2.39. The summed E-state index contributed by atoms with van der Waals surface area (Å²) in [6, 6.07) is 4.69. The molecule has 0 aliphatic carbocycles. The van der Waals surface area contributed by atoms with Crippen LogP contribution in [0.3, 0.4) is 0 Å². The number of aldehydes is 1. The van der Waals surface area contributed by atoms with Crippen LogP contribution < -0.4 is 4.74 Å². The third-order valence-electron chi connectivity index (χ3n) is 2.52. The molecule has 110 valence electrons. The van der Waals surface area contributed by atoms with E-state index in [0.717, 1.165) is 12.1 Å². The van der Waals surface area contributed by atoms with Crippen LogP contribution in [0.2, 0.25) is 0 Å². The lowest BCUT2D eigenvalue weighted by atomic mass is 10.2. The van der Waals surface area contributed by atoms with Crippen molar-refractivity contribution in [1.82, 2.24) is 0 Å². The normalized spacial score (nSPS) is 11.3. The Morgan fingerprint density at radius 3 is 2.29 bits per heavy atom. The molecule has 2 aromatic rings. The number of carbonyl (C=O) groups excluding carboxylic acids is 1. The van der Waals surface area contributed by atoms with E-state index in [1.165, 1.54) is 6.07 Å². The Bertz CT molecular complexity index is 680. The second kappa shape index (κ2) is 5.51. The number of halogens is 5. The van der Waals surface area contributed by atoms with Crippen molar-refractivity contribution in [1.29, 1.82) is 0 Å². The van der Waals surface area contributed by atoms with Gasteiger partial charge < -0.3 is 4.74 Å². The minimum Gasteiger partial charge on any atom is -0.454 e. The topological polar surface area (TPSA) is 26.3 Å². The summed E-state index contributed by atoms with van der Waals surface area (Å²) in [5, 5.41) is 0. The van der Waals surface area contributed by atoms with Crippen molar-refractivity contribution in [2.24, 2.45) is 0 Å². The van der Waals surface area contributed by atoms with Crippen LogP contribution in [0.4, 0.5) is 22.0 Å². The van der Waals surface area contributed by atoms with Crippen LogP contribution in [0.1, 0.15) is 15.9 Å². The summed E-state index contributed by atoms with van der Waals surface area (Å²) in [6.45, 7) is 0. The third kappa shape index (κ3) is 3.56. The van der Waals surface area contributed by atoms with E-state index in [9.17, 15) is 26.7 Å². The molecular weight excluding hydrogens is 295 g/mol. The molecule has 0 atom stereocenters. The van der Waals surface area contributed by atoms with Crippen molar-refractivity contribution in [3.05, 3.63) is 59.2 Å². The molecular formula is C14H7F5O2. The minimum absolute atomic E-state index is 0.0371. The first-order valence-corrected chi connectivity index (χ1v) is 5.60. The van der Waals surface area contributed by atoms with E-state index < -0.39 is 34.9 Å². The highest BCUT2D eigenvalue weighted by atomic mass is 19.4. The maximum Gasteiger partial charge on any atom is 0.416 e. The second-order valence-corrected chi connectivity index (χ2v) is 4.08. The molecule has 0 aromatic heterocycles. The van der Waals surface area contributed by atoms with Gasteiger partial charge in [0.2, 0.25) is 0 Å². The van der Waals surface area contributed by atoms with E-state index in [2.05, 4.69) is 0 Å². The van der Waals surface area contributed by atoms with Gasteiger partial charge in [-0.15, -0.1) is 0 Å². The predicted molar refractivity (Wildman–Crippen MR) is 63.3 cm³/mol. The molecule has 2 nitrogen and oxygen atoms in total. The van der Waals surface area contributed by atoms with Gasteiger partial charge in [0.15, 0.2) is 11.6 Å². The summed E-state index contributed by atoms with van der Waals surface area (Å²) in [7, 11) is 0. The van der Waals surface area contributed by atoms with Gasteiger partial charge in [-0.1, -0.05) is 0 Å². The number of rotatable bonds is 3. The van der Waals surface area contributed by atoms with E-state index >= 15 is 0 Å². The van der Waals surface area contributed by atoms with Gasteiger partial charge in [-0.2, -0.15) is 13.2 Å². The van der Waals surface area contributed by atoms with Crippen molar-refractivity contribution in [3.8, 4) is 11.5 Å². The SMILES string of the molecule is O=Cc1ccc(Oc2cc(F)cc(C(F)(F)F)c2)c(F)c1. The van der Waals surface area contributed by atoms with Crippen LogP contribution in [0, 0.1) is 11.6 Å². The van der Waals surface area contributed by atoms with Crippen molar-refractivity contribution in [2.75, 3.05) is 0 Å². The molecule has 0 heterocycles. The second-order valence-electron chi connectivity index (χ2n) is 4.08. The number of hydrogen-bond acceptors (Lipinski definition) is 2. The van der Waals surface area contributed by atoms with Gasteiger partial charge in [0, 0.05) is 11.6 Å². The Kier molecular flexibility index (Phi) is 3.93. The maximum atomic E-state index is 13.6. The number of hydrogen-bond donors (Lipinski definition) is 0. The number of benzene rings is 2. The van der Waals surface area contributed by atoms with Gasteiger partial charge in [0.05, 0.1) is 5.56 Å². The van der Waals surface area contributed by atoms with E-state index in [1.54, 1.807) is 0 Å². The first-order valence-electron chi connectivity index (χ1n) is 5.60. The summed E-state index contributed by atoms with van der Waals surface area (Å²) in [5.41, 5.74) is -1.21. The van der Waals surface area contributed by atoms with E-state index in [0.29, 0.717) is 24.5 Å². The van der Waals surface area contributed by atoms with Crippen molar-refractivity contribution in [2.45, 2.75) is 6.18 Å². The fraction of sp³-hybridized carbons (Fsp3) is 0.0714. The lowest BCUT2D eigenvalue weighted by molar-refractivity contribution is -0.137. The molecule has 0 N–H and O–H groups in total. The zero-order valence-electron chi connectivity index (χ0n) is 10.2. The fourth-order valence-corrected chi connectivity index (χ4v) is 1.59.